The first-order chi connectivity index (χ1) is 10.2. The first-order valence-electron chi connectivity index (χ1n) is 6.52. The highest BCUT2D eigenvalue weighted by molar-refractivity contribution is 5.81. The van der Waals surface area contributed by atoms with Crippen molar-refractivity contribution in [2.24, 2.45) is 0 Å². The van der Waals surface area contributed by atoms with Gasteiger partial charge in [-0.15, -0.1) is 0 Å². The average molecular weight is 282 g/mol. The van der Waals surface area contributed by atoms with Gasteiger partial charge in [0.15, 0.2) is 0 Å². The zero-order valence-corrected chi connectivity index (χ0v) is 11.8. The Bertz CT molecular complexity index is 832. The number of rotatable bonds is 3. The van der Waals surface area contributed by atoms with Gasteiger partial charge in [-0.2, -0.15) is 0 Å². The molecule has 0 saturated heterocycles. The first-order valence-corrected chi connectivity index (χ1v) is 6.52. The lowest BCUT2D eigenvalue weighted by molar-refractivity contribution is 0.413. The van der Waals surface area contributed by atoms with E-state index >= 15 is 0 Å². The van der Waals surface area contributed by atoms with Crippen LogP contribution in [0.2, 0.25) is 0 Å². The Balaban J connectivity index is 1.95. The lowest BCUT2D eigenvalue weighted by Crippen LogP contribution is -1.97. The van der Waals surface area contributed by atoms with Crippen molar-refractivity contribution in [3.8, 4) is 17.2 Å². The standard InChI is InChI=1S/C17H14O4/c1-11-9-17(18)21-16-10-14(7-8-15(11)16)20-13-5-3-12(19-2)4-6-13/h3-10H,1-2H3. The number of fused-ring (bicyclic) bond motifs is 1. The molecule has 0 aliphatic rings. The fraction of sp³-hybridized carbons (Fsp3) is 0.118. The van der Waals surface area contributed by atoms with E-state index in [9.17, 15) is 4.79 Å². The molecular formula is C17H14O4. The molecule has 21 heavy (non-hydrogen) atoms. The molecule has 1 heterocycles. The van der Waals surface area contributed by atoms with Crippen molar-refractivity contribution >= 4 is 11.0 Å². The van der Waals surface area contributed by atoms with E-state index in [1.54, 1.807) is 13.2 Å². The summed E-state index contributed by atoms with van der Waals surface area (Å²) in [4.78, 5) is 11.4. The lowest BCUT2D eigenvalue weighted by atomic mass is 10.1. The monoisotopic (exact) mass is 282 g/mol. The Morgan fingerprint density at radius 1 is 0.905 bits per heavy atom. The third-order valence-electron chi connectivity index (χ3n) is 3.22. The summed E-state index contributed by atoms with van der Waals surface area (Å²) >= 11 is 0. The molecule has 4 heteroatoms. The van der Waals surface area contributed by atoms with Crippen LogP contribution in [-0.2, 0) is 0 Å². The van der Waals surface area contributed by atoms with Gasteiger partial charge in [0.2, 0.25) is 0 Å². The molecule has 0 bridgehead atoms. The van der Waals surface area contributed by atoms with Crippen LogP contribution >= 0.6 is 0 Å². The number of hydrogen-bond acceptors (Lipinski definition) is 4. The minimum Gasteiger partial charge on any atom is -0.497 e. The second-order valence-corrected chi connectivity index (χ2v) is 4.68. The topological polar surface area (TPSA) is 48.7 Å². The van der Waals surface area contributed by atoms with E-state index in [0.29, 0.717) is 17.1 Å². The van der Waals surface area contributed by atoms with Crippen LogP contribution in [0.1, 0.15) is 5.56 Å². The molecule has 0 N–H and O–H groups in total. The summed E-state index contributed by atoms with van der Waals surface area (Å²) in [5.41, 5.74) is 1.05. The zero-order chi connectivity index (χ0) is 14.8. The molecule has 4 nitrogen and oxygen atoms in total. The fourth-order valence-electron chi connectivity index (χ4n) is 2.15. The maximum atomic E-state index is 11.4. The number of benzene rings is 2. The second-order valence-electron chi connectivity index (χ2n) is 4.68. The van der Waals surface area contributed by atoms with Crippen molar-refractivity contribution in [2.75, 3.05) is 7.11 Å². The van der Waals surface area contributed by atoms with Crippen LogP contribution in [-0.4, -0.2) is 7.11 Å². The van der Waals surface area contributed by atoms with Gasteiger partial charge in [-0.25, -0.2) is 4.79 Å². The van der Waals surface area contributed by atoms with E-state index in [1.807, 2.05) is 43.3 Å². The van der Waals surface area contributed by atoms with Crippen LogP contribution in [0.25, 0.3) is 11.0 Å². The minimum absolute atomic E-state index is 0.360. The Hall–Kier alpha value is -2.75. The average Bonchev–Trinajstić information content (AvgIpc) is 2.47. The molecule has 0 spiro atoms. The van der Waals surface area contributed by atoms with Gasteiger partial charge in [-0.05, 0) is 48.9 Å². The SMILES string of the molecule is COc1ccc(Oc2ccc3c(C)cc(=O)oc3c2)cc1. The Morgan fingerprint density at radius 2 is 1.57 bits per heavy atom. The molecule has 1 aromatic heterocycles. The zero-order valence-electron chi connectivity index (χ0n) is 11.8. The smallest absolute Gasteiger partial charge is 0.336 e. The first kappa shape index (κ1) is 13.2. The van der Waals surface area contributed by atoms with Crippen LogP contribution in [0.4, 0.5) is 0 Å². The second kappa shape index (κ2) is 5.32. The summed E-state index contributed by atoms with van der Waals surface area (Å²) in [6.45, 7) is 1.88. The van der Waals surface area contributed by atoms with Gasteiger partial charge in [-0.3, -0.25) is 0 Å². The third-order valence-corrected chi connectivity index (χ3v) is 3.22. The summed E-state index contributed by atoms with van der Waals surface area (Å²) in [5, 5.41) is 0.900. The maximum Gasteiger partial charge on any atom is 0.336 e. The summed E-state index contributed by atoms with van der Waals surface area (Å²) < 4.78 is 16.0. The van der Waals surface area contributed by atoms with E-state index in [0.717, 1.165) is 16.7 Å². The molecule has 0 amide bonds. The molecular weight excluding hydrogens is 268 g/mol. The summed E-state index contributed by atoms with van der Waals surface area (Å²) in [6.07, 6.45) is 0. The normalized spacial score (nSPS) is 10.6. The number of aryl methyl sites for hydroxylation is 1. The van der Waals surface area contributed by atoms with Crippen molar-refractivity contribution in [1.29, 1.82) is 0 Å². The highest BCUT2D eigenvalue weighted by Gasteiger charge is 2.05. The lowest BCUT2D eigenvalue weighted by Gasteiger charge is -2.08. The number of ether oxygens (including phenoxy) is 2. The van der Waals surface area contributed by atoms with Gasteiger partial charge in [0.25, 0.3) is 0 Å². The molecule has 106 valence electrons. The quantitative estimate of drug-likeness (QED) is 0.683. The van der Waals surface area contributed by atoms with Crippen LogP contribution in [0.3, 0.4) is 0 Å². The van der Waals surface area contributed by atoms with E-state index in [1.165, 1.54) is 6.07 Å². The third kappa shape index (κ3) is 2.74. The van der Waals surface area contributed by atoms with E-state index in [-0.39, 0.29) is 5.63 Å². The van der Waals surface area contributed by atoms with E-state index in [4.69, 9.17) is 13.9 Å². The number of hydrogen-bond donors (Lipinski definition) is 0. The van der Waals surface area contributed by atoms with Crippen molar-refractivity contribution in [3.05, 3.63) is 64.5 Å². The summed E-state index contributed by atoms with van der Waals surface area (Å²) in [5.74, 6) is 2.06. The molecule has 0 fully saturated rings. The highest BCUT2D eigenvalue weighted by atomic mass is 16.5. The van der Waals surface area contributed by atoms with Gasteiger partial charge in [-0.1, -0.05) is 0 Å². The Labute approximate surface area is 121 Å². The fourth-order valence-corrected chi connectivity index (χ4v) is 2.15. The predicted octanol–water partition coefficient (Wildman–Crippen LogP) is 3.90. The van der Waals surface area contributed by atoms with Gasteiger partial charge >= 0.3 is 5.63 Å². The van der Waals surface area contributed by atoms with E-state index < -0.39 is 0 Å². The van der Waals surface area contributed by atoms with Gasteiger partial charge < -0.3 is 13.9 Å². The van der Waals surface area contributed by atoms with E-state index in [2.05, 4.69) is 0 Å². The molecule has 0 atom stereocenters. The van der Waals surface area contributed by atoms with Crippen LogP contribution in [0.15, 0.2) is 57.7 Å². The molecule has 2 aromatic carbocycles. The Morgan fingerprint density at radius 3 is 2.29 bits per heavy atom. The van der Waals surface area contributed by atoms with Gasteiger partial charge in [0, 0.05) is 17.5 Å². The molecule has 3 aromatic rings. The van der Waals surface area contributed by atoms with Crippen molar-refractivity contribution in [2.45, 2.75) is 6.92 Å². The molecule has 3 rings (SSSR count). The summed E-state index contributed by atoms with van der Waals surface area (Å²) in [6, 6.07) is 14.2. The maximum absolute atomic E-state index is 11.4. The number of methoxy groups -OCH3 is 1. The molecule has 0 aliphatic heterocycles. The molecule has 0 radical (unpaired) electrons. The summed E-state index contributed by atoms with van der Waals surface area (Å²) in [7, 11) is 1.61. The minimum atomic E-state index is -0.360. The Kier molecular flexibility index (Phi) is 3.36. The molecule has 0 saturated carbocycles. The molecule has 0 unspecified atom stereocenters. The van der Waals surface area contributed by atoms with Crippen LogP contribution in [0.5, 0.6) is 17.2 Å². The van der Waals surface area contributed by atoms with Crippen molar-refractivity contribution in [1.82, 2.24) is 0 Å². The van der Waals surface area contributed by atoms with Gasteiger partial charge in [0.05, 0.1) is 7.11 Å². The van der Waals surface area contributed by atoms with Crippen molar-refractivity contribution < 1.29 is 13.9 Å². The van der Waals surface area contributed by atoms with Crippen molar-refractivity contribution in [3.63, 3.8) is 0 Å². The molecule has 0 aliphatic carbocycles. The van der Waals surface area contributed by atoms with Crippen LogP contribution < -0.4 is 15.1 Å². The predicted molar refractivity (Wildman–Crippen MR) is 80.3 cm³/mol. The highest BCUT2D eigenvalue weighted by Crippen LogP contribution is 2.27. The van der Waals surface area contributed by atoms with Crippen LogP contribution in [0, 0.1) is 6.92 Å². The largest absolute Gasteiger partial charge is 0.497 e. The van der Waals surface area contributed by atoms with Gasteiger partial charge in [0.1, 0.15) is 22.8 Å².